The number of rotatable bonds is 5. The van der Waals surface area contributed by atoms with E-state index in [1.54, 1.807) is 43.3 Å². The van der Waals surface area contributed by atoms with Crippen LogP contribution in [0.15, 0.2) is 53.3 Å². The van der Waals surface area contributed by atoms with Crippen LogP contribution in [0.2, 0.25) is 0 Å². The van der Waals surface area contributed by atoms with Crippen LogP contribution in [0.4, 0.5) is 4.39 Å². The molecule has 1 N–H and O–H groups in total. The fourth-order valence-electron chi connectivity index (χ4n) is 2.89. The van der Waals surface area contributed by atoms with Crippen molar-refractivity contribution in [3.05, 3.63) is 76.0 Å². The number of ether oxygens (including phenoxy) is 1. The zero-order valence-corrected chi connectivity index (χ0v) is 16.2. The van der Waals surface area contributed by atoms with Crippen LogP contribution >= 0.6 is 0 Å². The third-order valence-electron chi connectivity index (χ3n) is 4.53. The number of aryl methyl sites for hydroxylation is 1. The first kappa shape index (κ1) is 20.2. The molecule has 3 rings (SSSR count). The highest BCUT2D eigenvalue weighted by Gasteiger charge is 2.24. The summed E-state index contributed by atoms with van der Waals surface area (Å²) in [5.74, 6) is -1.69. The van der Waals surface area contributed by atoms with Gasteiger partial charge in [-0.2, -0.15) is 5.10 Å². The Morgan fingerprint density at radius 2 is 1.69 bits per heavy atom. The van der Waals surface area contributed by atoms with E-state index in [0.29, 0.717) is 16.3 Å². The van der Waals surface area contributed by atoms with Crippen molar-refractivity contribution >= 4 is 22.6 Å². The number of nitrogens with zero attached hydrogens (tertiary/aromatic N) is 2. The van der Waals surface area contributed by atoms with Gasteiger partial charge in [-0.25, -0.2) is 13.9 Å². The second kappa shape index (κ2) is 8.22. The van der Waals surface area contributed by atoms with E-state index < -0.39 is 24.0 Å². The Bertz CT molecular complexity index is 1120. The number of hydrogen-bond acceptors (Lipinski definition) is 5. The minimum Gasteiger partial charge on any atom is -0.448 e. The molecule has 0 fully saturated rings. The second-order valence-electron chi connectivity index (χ2n) is 6.65. The van der Waals surface area contributed by atoms with Gasteiger partial charge in [-0.15, -0.1) is 0 Å². The van der Waals surface area contributed by atoms with E-state index in [4.69, 9.17) is 4.74 Å². The molecule has 7 nitrogen and oxygen atoms in total. The highest BCUT2D eigenvalue weighted by molar-refractivity contribution is 6.02. The van der Waals surface area contributed by atoms with Crippen molar-refractivity contribution in [3.63, 3.8) is 0 Å². The monoisotopic (exact) mass is 397 g/mol. The number of fused-ring (bicyclic) bond motifs is 1. The smallest absolute Gasteiger partial charge is 0.360 e. The molecular formula is C21H20FN3O4. The summed E-state index contributed by atoms with van der Waals surface area (Å²) in [6.45, 7) is 3.18. The Kier molecular flexibility index (Phi) is 5.72. The van der Waals surface area contributed by atoms with Crippen LogP contribution in [0.1, 0.15) is 35.9 Å². The van der Waals surface area contributed by atoms with Crippen molar-refractivity contribution in [2.75, 3.05) is 0 Å². The molecule has 0 aliphatic carbocycles. The SMILES string of the molecule is C[C@H](OC(=O)c1nn(C)c(=O)c2ccccc12)C(=O)N[C@H](C)c1ccc(F)cc1. The van der Waals surface area contributed by atoms with Crippen LogP contribution in [0.25, 0.3) is 10.8 Å². The lowest BCUT2D eigenvalue weighted by Gasteiger charge is -2.18. The van der Waals surface area contributed by atoms with E-state index in [9.17, 15) is 18.8 Å². The zero-order valence-electron chi connectivity index (χ0n) is 16.2. The van der Waals surface area contributed by atoms with Crippen LogP contribution in [-0.4, -0.2) is 27.8 Å². The first-order valence-electron chi connectivity index (χ1n) is 9.01. The minimum atomic E-state index is -1.09. The van der Waals surface area contributed by atoms with Gasteiger partial charge in [0.1, 0.15) is 5.82 Å². The number of nitrogens with one attached hydrogen (secondary N) is 1. The number of benzene rings is 2. The normalized spacial score (nSPS) is 13.0. The first-order chi connectivity index (χ1) is 13.8. The van der Waals surface area contributed by atoms with E-state index in [2.05, 4.69) is 10.4 Å². The van der Waals surface area contributed by atoms with Gasteiger partial charge in [0.05, 0.1) is 11.4 Å². The maximum absolute atomic E-state index is 13.0. The Balaban J connectivity index is 1.74. The number of hydrogen-bond donors (Lipinski definition) is 1. The molecule has 0 bridgehead atoms. The van der Waals surface area contributed by atoms with Crippen LogP contribution in [0, 0.1) is 5.82 Å². The molecule has 29 heavy (non-hydrogen) atoms. The lowest BCUT2D eigenvalue weighted by molar-refractivity contribution is -0.129. The van der Waals surface area contributed by atoms with Crippen molar-refractivity contribution in [3.8, 4) is 0 Å². The van der Waals surface area contributed by atoms with Gasteiger partial charge in [0.25, 0.3) is 11.5 Å². The summed E-state index contributed by atoms with van der Waals surface area (Å²) in [6.07, 6.45) is -1.09. The third-order valence-corrected chi connectivity index (χ3v) is 4.53. The van der Waals surface area contributed by atoms with E-state index >= 15 is 0 Å². The Hall–Kier alpha value is -3.55. The predicted octanol–water partition coefficient (Wildman–Crippen LogP) is 2.50. The fraction of sp³-hybridized carbons (Fsp3) is 0.238. The summed E-state index contributed by atoms with van der Waals surface area (Å²) in [7, 11) is 1.44. The molecule has 0 saturated carbocycles. The van der Waals surface area contributed by atoms with Crippen LogP contribution in [0.5, 0.6) is 0 Å². The molecule has 0 saturated heterocycles. The standard InChI is InChI=1S/C21H20FN3O4/c1-12(14-8-10-15(22)11-9-14)23-19(26)13(2)29-21(28)18-16-6-4-5-7-17(16)20(27)25(3)24-18/h4-13H,1-3H3,(H,23,26)/t12-,13+/m1/s1. The van der Waals surface area contributed by atoms with Gasteiger partial charge in [-0.1, -0.05) is 30.3 Å². The van der Waals surface area contributed by atoms with Gasteiger partial charge in [-0.05, 0) is 37.6 Å². The molecule has 1 amide bonds. The number of esters is 1. The van der Waals surface area contributed by atoms with Crippen molar-refractivity contribution in [2.24, 2.45) is 7.05 Å². The molecule has 3 aromatic rings. The highest BCUT2D eigenvalue weighted by atomic mass is 19.1. The Labute approximate surface area is 166 Å². The molecule has 2 aromatic carbocycles. The minimum absolute atomic E-state index is 0.0473. The van der Waals surface area contributed by atoms with Gasteiger partial charge in [0.15, 0.2) is 11.8 Å². The number of amides is 1. The lowest BCUT2D eigenvalue weighted by Crippen LogP contribution is -2.37. The number of carbonyl (C=O) groups excluding carboxylic acids is 2. The quantitative estimate of drug-likeness (QED) is 0.668. The molecule has 0 unspecified atom stereocenters. The molecule has 8 heteroatoms. The van der Waals surface area contributed by atoms with Crippen LogP contribution in [-0.2, 0) is 16.6 Å². The van der Waals surface area contributed by atoms with Crippen molar-refractivity contribution in [1.29, 1.82) is 0 Å². The lowest BCUT2D eigenvalue weighted by atomic mass is 10.1. The molecule has 1 heterocycles. The maximum atomic E-state index is 13.0. The third kappa shape index (κ3) is 4.31. The largest absolute Gasteiger partial charge is 0.448 e. The summed E-state index contributed by atoms with van der Waals surface area (Å²) in [6, 6.07) is 11.9. The van der Waals surface area contributed by atoms with Gasteiger partial charge in [0.2, 0.25) is 0 Å². The summed E-state index contributed by atoms with van der Waals surface area (Å²) in [5.41, 5.74) is 0.328. The van der Waals surface area contributed by atoms with Gasteiger partial charge < -0.3 is 10.1 Å². The average Bonchev–Trinajstić information content (AvgIpc) is 2.71. The number of halogens is 1. The summed E-state index contributed by atoms with van der Waals surface area (Å²) in [4.78, 5) is 37.2. The molecule has 150 valence electrons. The van der Waals surface area contributed by atoms with E-state index in [1.165, 1.54) is 26.1 Å². The number of aromatic nitrogens is 2. The van der Waals surface area contributed by atoms with Gasteiger partial charge in [-0.3, -0.25) is 9.59 Å². The summed E-state index contributed by atoms with van der Waals surface area (Å²) in [5, 5.41) is 7.39. The molecule has 0 radical (unpaired) electrons. The van der Waals surface area contributed by atoms with Crippen molar-refractivity contribution < 1.29 is 18.7 Å². The summed E-state index contributed by atoms with van der Waals surface area (Å²) >= 11 is 0. The fourth-order valence-corrected chi connectivity index (χ4v) is 2.89. The highest BCUT2D eigenvalue weighted by Crippen LogP contribution is 2.16. The molecular weight excluding hydrogens is 377 g/mol. The van der Waals surface area contributed by atoms with E-state index in [1.807, 2.05) is 0 Å². The van der Waals surface area contributed by atoms with E-state index in [-0.39, 0.29) is 17.1 Å². The predicted molar refractivity (Wildman–Crippen MR) is 105 cm³/mol. The molecule has 1 aromatic heterocycles. The molecule has 0 aliphatic rings. The number of carbonyl (C=O) groups is 2. The average molecular weight is 397 g/mol. The van der Waals surface area contributed by atoms with Crippen molar-refractivity contribution in [1.82, 2.24) is 15.1 Å². The van der Waals surface area contributed by atoms with E-state index in [0.717, 1.165) is 4.68 Å². The Morgan fingerprint density at radius 1 is 1.07 bits per heavy atom. The topological polar surface area (TPSA) is 90.3 Å². The zero-order chi connectivity index (χ0) is 21.1. The summed E-state index contributed by atoms with van der Waals surface area (Å²) < 4.78 is 19.4. The van der Waals surface area contributed by atoms with Crippen LogP contribution < -0.4 is 10.9 Å². The first-order valence-corrected chi connectivity index (χ1v) is 9.01. The maximum Gasteiger partial charge on any atom is 0.360 e. The van der Waals surface area contributed by atoms with Crippen LogP contribution in [0.3, 0.4) is 0 Å². The molecule has 0 spiro atoms. The molecule has 0 aliphatic heterocycles. The second-order valence-corrected chi connectivity index (χ2v) is 6.65. The van der Waals surface area contributed by atoms with Gasteiger partial charge in [0, 0.05) is 12.4 Å². The molecule has 2 atom stereocenters. The Morgan fingerprint density at radius 3 is 2.34 bits per heavy atom. The van der Waals surface area contributed by atoms with Crippen molar-refractivity contribution in [2.45, 2.75) is 26.0 Å². The van der Waals surface area contributed by atoms with Gasteiger partial charge >= 0.3 is 5.97 Å².